The second-order valence-corrected chi connectivity index (χ2v) is 3.89. The van der Waals surface area contributed by atoms with Crippen molar-refractivity contribution in [3.63, 3.8) is 0 Å². The number of rotatable bonds is 8. The van der Waals surface area contributed by atoms with Gasteiger partial charge < -0.3 is 14.8 Å². The maximum atomic E-state index is 11.3. The third kappa shape index (κ3) is 7.33. The molecule has 0 aliphatic rings. The van der Waals surface area contributed by atoms with E-state index in [1.54, 1.807) is 0 Å². The lowest BCUT2D eigenvalue weighted by Crippen LogP contribution is -2.41. The molecule has 0 aromatic heterocycles. The van der Waals surface area contributed by atoms with Crippen molar-refractivity contribution >= 4 is 5.97 Å². The van der Waals surface area contributed by atoms with Crippen LogP contribution in [0.5, 0.6) is 0 Å². The molecule has 4 heteroatoms. The van der Waals surface area contributed by atoms with E-state index in [1.807, 2.05) is 6.92 Å². The summed E-state index contributed by atoms with van der Waals surface area (Å²) in [5.74, 6) is 0.363. The number of methoxy groups -OCH3 is 1. The highest BCUT2D eigenvalue weighted by Gasteiger charge is 2.17. The molecular weight excluding hydrogens is 194 g/mol. The van der Waals surface area contributed by atoms with Crippen molar-refractivity contribution < 1.29 is 14.3 Å². The molecule has 0 bridgehead atoms. The van der Waals surface area contributed by atoms with Gasteiger partial charge >= 0.3 is 5.97 Å². The number of hydrogen-bond donors (Lipinski definition) is 1. The van der Waals surface area contributed by atoms with E-state index in [-0.39, 0.29) is 12.0 Å². The zero-order valence-corrected chi connectivity index (χ0v) is 10.2. The van der Waals surface area contributed by atoms with Gasteiger partial charge in [0.05, 0.1) is 13.7 Å². The lowest BCUT2D eigenvalue weighted by Gasteiger charge is -2.15. The van der Waals surface area contributed by atoms with E-state index in [1.165, 1.54) is 7.11 Å². The Labute approximate surface area is 92.3 Å². The molecule has 0 radical (unpaired) electrons. The highest BCUT2D eigenvalue weighted by atomic mass is 16.5. The average molecular weight is 217 g/mol. The van der Waals surface area contributed by atoms with E-state index in [2.05, 4.69) is 23.9 Å². The largest absolute Gasteiger partial charge is 0.468 e. The Bertz CT molecular complexity index is 171. The minimum atomic E-state index is -0.341. The van der Waals surface area contributed by atoms with E-state index in [0.29, 0.717) is 19.1 Å². The van der Waals surface area contributed by atoms with Gasteiger partial charge in [0.1, 0.15) is 6.04 Å². The molecule has 0 saturated heterocycles. The molecule has 0 saturated carbocycles. The molecule has 0 aromatic carbocycles. The van der Waals surface area contributed by atoms with Gasteiger partial charge in [0.25, 0.3) is 0 Å². The SMILES string of the molecule is CCNC(COCCC(C)C)C(=O)OC. The molecule has 90 valence electrons. The summed E-state index contributed by atoms with van der Waals surface area (Å²) in [4.78, 5) is 11.3. The first-order valence-electron chi connectivity index (χ1n) is 5.50. The van der Waals surface area contributed by atoms with Gasteiger partial charge in [0.15, 0.2) is 0 Å². The van der Waals surface area contributed by atoms with Crippen LogP contribution in [-0.4, -0.2) is 38.9 Å². The summed E-state index contributed by atoms with van der Waals surface area (Å²) in [6.07, 6.45) is 1.01. The zero-order valence-electron chi connectivity index (χ0n) is 10.2. The first-order valence-corrected chi connectivity index (χ1v) is 5.50. The molecule has 0 aliphatic carbocycles. The van der Waals surface area contributed by atoms with Crippen LogP contribution in [-0.2, 0) is 14.3 Å². The maximum Gasteiger partial charge on any atom is 0.325 e. The number of likely N-dealkylation sites (N-methyl/N-ethyl adjacent to an activating group) is 1. The lowest BCUT2D eigenvalue weighted by atomic mass is 10.1. The molecule has 0 amide bonds. The van der Waals surface area contributed by atoms with Crippen molar-refractivity contribution in [2.24, 2.45) is 5.92 Å². The van der Waals surface area contributed by atoms with Crippen molar-refractivity contribution in [3.8, 4) is 0 Å². The van der Waals surface area contributed by atoms with Gasteiger partial charge in [0, 0.05) is 6.61 Å². The fourth-order valence-electron chi connectivity index (χ4n) is 1.12. The highest BCUT2D eigenvalue weighted by Crippen LogP contribution is 1.99. The van der Waals surface area contributed by atoms with E-state index in [0.717, 1.165) is 13.0 Å². The second-order valence-electron chi connectivity index (χ2n) is 3.89. The fraction of sp³-hybridized carbons (Fsp3) is 0.909. The third-order valence-electron chi connectivity index (χ3n) is 2.06. The van der Waals surface area contributed by atoms with Gasteiger partial charge in [-0.3, -0.25) is 4.79 Å². The Morgan fingerprint density at radius 2 is 2.07 bits per heavy atom. The monoisotopic (exact) mass is 217 g/mol. The van der Waals surface area contributed by atoms with Crippen LogP contribution < -0.4 is 5.32 Å². The van der Waals surface area contributed by atoms with Crippen LogP contribution in [0.15, 0.2) is 0 Å². The van der Waals surface area contributed by atoms with E-state index in [4.69, 9.17) is 4.74 Å². The molecule has 4 nitrogen and oxygen atoms in total. The lowest BCUT2D eigenvalue weighted by molar-refractivity contribution is -0.144. The van der Waals surface area contributed by atoms with Crippen LogP contribution in [0.1, 0.15) is 27.2 Å². The Balaban J connectivity index is 3.71. The van der Waals surface area contributed by atoms with Gasteiger partial charge in [-0.05, 0) is 18.9 Å². The van der Waals surface area contributed by atoms with E-state index < -0.39 is 0 Å². The average Bonchev–Trinajstić information content (AvgIpc) is 2.21. The van der Waals surface area contributed by atoms with Crippen molar-refractivity contribution in [3.05, 3.63) is 0 Å². The highest BCUT2D eigenvalue weighted by molar-refractivity contribution is 5.75. The molecular formula is C11H23NO3. The standard InChI is InChI=1S/C11H23NO3/c1-5-12-10(11(13)14-4)8-15-7-6-9(2)3/h9-10,12H,5-8H2,1-4H3. The maximum absolute atomic E-state index is 11.3. The minimum Gasteiger partial charge on any atom is -0.468 e. The number of carbonyl (C=O) groups excluding carboxylic acids is 1. The summed E-state index contributed by atoms with van der Waals surface area (Å²) < 4.78 is 10.1. The van der Waals surface area contributed by atoms with Crippen molar-refractivity contribution in [2.75, 3.05) is 26.9 Å². The Morgan fingerprint density at radius 3 is 2.53 bits per heavy atom. The summed E-state index contributed by atoms with van der Waals surface area (Å²) in [7, 11) is 1.39. The van der Waals surface area contributed by atoms with Crippen LogP contribution in [0.4, 0.5) is 0 Å². The van der Waals surface area contributed by atoms with Crippen molar-refractivity contribution in [1.29, 1.82) is 0 Å². The van der Waals surface area contributed by atoms with Crippen LogP contribution in [0.3, 0.4) is 0 Å². The topological polar surface area (TPSA) is 47.6 Å². The normalized spacial score (nSPS) is 12.9. The van der Waals surface area contributed by atoms with Gasteiger partial charge in [-0.15, -0.1) is 0 Å². The summed E-state index contributed by atoms with van der Waals surface area (Å²) in [5, 5.41) is 3.02. The van der Waals surface area contributed by atoms with Crippen LogP contribution in [0, 0.1) is 5.92 Å². The molecule has 0 heterocycles. The third-order valence-corrected chi connectivity index (χ3v) is 2.06. The predicted molar refractivity (Wildman–Crippen MR) is 59.8 cm³/mol. The van der Waals surface area contributed by atoms with Crippen LogP contribution in [0.25, 0.3) is 0 Å². The summed E-state index contributed by atoms with van der Waals surface area (Å²) in [6.45, 7) is 8.04. The molecule has 1 unspecified atom stereocenters. The fourth-order valence-corrected chi connectivity index (χ4v) is 1.12. The quantitative estimate of drug-likeness (QED) is 0.490. The van der Waals surface area contributed by atoms with E-state index in [9.17, 15) is 4.79 Å². The van der Waals surface area contributed by atoms with Gasteiger partial charge in [-0.25, -0.2) is 0 Å². The number of esters is 1. The number of ether oxygens (including phenoxy) is 2. The van der Waals surface area contributed by atoms with Crippen molar-refractivity contribution in [1.82, 2.24) is 5.32 Å². The number of hydrogen-bond acceptors (Lipinski definition) is 4. The number of carbonyl (C=O) groups is 1. The van der Waals surface area contributed by atoms with Crippen LogP contribution >= 0.6 is 0 Å². The first-order chi connectivity index (χ1) is 7.11. The molecule has 0 rings (SSSR count). The Kier molecular flexibility index (Phi) is 8.33. The zero-order chi connectivity index (χ0) is 11.7. The van der Waals surface area contributed by atoms with Gasteiger partial charge in [-0.1, -0.05) is 20.8 Å². The second kappa shape index (κ2) is 8.68. The molecule has 0 aromatic rings. The summed E-state index contributed by atoms with van der Waals surface area (Å²) in [5.41, 5.74) is 0. The van der Waals surface area contributed by atoms with Crippen molar-refractivity contribution in [2.45, 2.75) is 33.2 Å². The van der Waals surface area contributed by atoms with Gasteiger partial charge in [0.2, 0.25) is 0 Å². The van der Waals surface area contributed by atoms with Crippen LogP contribution in [0.2, 0.25) is 0 Å². The molecule has 1 N–H and O–H groups in total. The molecule has 0 spiro atoms. The molecule has 0 aliphatic heterocycles. The van der Waals surface area contributed by atoms with Gasteiger partial charge in [-0.2, -0.15) is 0 Å². The Morgan fingerprint density at radius 1 is 1.40 bits per heavy atom. The Hall–Kier alpha value is -0.610. The summed E-state index contributed by atoms with van der Waals surface area (Å²) in [6, 6.07) is -0.341. The number of nitrogens with one attached hydrogen (secondary N) is 1. The smallest absolute Gasteiger partial charge is 0.325 e. The predicted octanol–water partition coefficient (Wildman–Crippen LogP) is 1.20. The first kappa shape index (κ1) is 14.4. The summed E-state index contributed by atoms with van der Waals surface area (Å²) >= 11 is 0. The molecule has 1 atom stereocenters. The van der Waals surface area contributed by atoms with E-state index >= 15 is 0 Å². The molecule has 0 fully saturated rings. The minimum absolute atomic E-state index is 0.263. The molecule has 15 heavy (non-hydrogen) atoms.